The Kier molecular flexibility index (Phi) is 5.18. The molecule has 0 saturated heterocycles. The van der Waals surface area contributed by atoms with Crippen molar-refractivity contribution in [3.63, 3.8) is 0 Å². The van der Waals surface area contributed by atoms with Gasteiger partial charge in [0.25, 0.3) is 5.89 Å². The van der Waals surface area contributed by atoms with Gasteiger partial charge in [-0.2, -0.15) is 5.26 Å². The van der Waals surface area contributed by atoms with Gasteiger partial charge in [0.1, 0.15) is 5.75 Å². The molecule has 1 heterocycles. The van der Waals surface area contributed by atoms with Crippen LogP contribution in [-0.4, -0.2) is 10.2 Å². The van der Waals surface area contributed by atoms with E-state index in [0.717, 1.165) is 21.2 Å². The fourth-order valence-electron chi connectivity index (χ4n) is 2.65. The molecule has 1 aromatic heterocycles. The number of hydrogen-bond acceptors (Lipinski definition) is 5. The predicted molar refractivity (Wildman–Crippen MR) is 108 cm³/mol. The number of nitriles is 1. The maximum atomic E-state index is 8.88. The Balaban J connectivity index is 1.40. The van der Waals surface area contributed by atoms with E-state index in [1.165, 1.54) is 0 Å². The molecule has 0 saturated carbocycles. The zero-order chi connectivity index (χ0) is 19.3. The Hall–Kier alpha value is -3.43. The Morgan fingerprint density at radius 1 is 0.821 bits per heavy atom. The van der Waals surface area contributed by atoms with Crippen molar-refractivity contribution in [2.24, 2.45) is 0 Å². The minimum atomic E-state index is 0.194. The van der Waals surface area contributed by atoms with Crippen LogP contribution in [0.3, 0.4) is 0 Å². The molecule has 6 heteroatoms. The molecule has 0 aliphatic carbocycles. The lowest BCUT2D eigenvalue weighted by atomic mass is 10.0. The van der Waals surface area contributed by atoms with E-state index in [4.69, 9.17) is 14.4 Å². The quantitative estimate of drug-likeness (QED) is 0.410. The fourth-order valence-corrected chi connectivity index (χ4v) is 2.91. The molecule has 4 aromatic rings. The van der Waals surface area contributed by atoms with Crippen molar-refractivity contribution in [1.82, 2.24) is 10.2 Å². The summed E-state index contributed by atoms with van der Waals surface area (Å²) in [4.78, 5) is 0. The van der Waals surface area contributed by atoms with Crippen LogP contribution >= 0.6 is 15.9 Å². The number of nitrogens with zero attached hydrogens (tertiary/aromatic N) is 3. The third-order valence-corrected chi connectivity index (χ3v) is 4.65. The van der Waals surface area contributed by atoms with Crippen molar-refractivity contribution in [1.29, 1.82) is 5.26 Å². The van der Waals surface area contributed by atoms with Gasteiger partial charge >= 0.3 is 0 Å². The first-order valence-corrected chi connectivity index (χ1v) is 9.32. The van der Waals surface area contributed by atoms with Crippen LogP contribution < -0.4 is 4.74 Å². The molecule has 5 nitrogen and oxygen atoms in total. The van der Waals surface area contributed by atoms with Crippen molar-refractivity contribution >= 4 is 15.9 Å². The van der Waals surface area contributed by atoms with E-state index < -0.39 is 0 Å². The van der Waals surface area contributed by atoms with E-state index in [0.29, 0.717) is 23.1 Å². The Morgan fingerprint density at radius 2 is 1.43 bits per heavy atom. The van der Waals surface area contributed by atoms with Gasteiger partial charge in [-0.15, -0.1) is 10.2 Å². The van der Waals surface area contributed by atoms with Gasteiger partial charge in [-0.25, -0.2) is 0 Å². The average Bonchev–Trinajstić information content (AvgIpc) is 3.22. The molecule has 0 radical (unpaired) electrons. The van der Waals surface area contributed by atoms with E-state index in [1.807, 2.05) is 60.7 Å². The molecule has 0 aliphatic heterocycles. The van der Waals surface area contributed by atoms with Gasteiger partial charge in [0, 0.05) is 10.0 Å². The van der Waals surface area contributed by atoms with Crippen molar-refractivity contribution in [2.45, 2.75) is 6.61 Å². The highest BCUT2D eigenvalue weighted by molar-refractivity contribution is 9.10. The second kappa shape index (κ2) is 8.07. The first kappa shape index (κ1) is 18.0. The van der Waals surface area contributed by atoms with Crippen LogP contribution in [0.25, 0.3) is 22.6 Å². The SMILES string of the molecule is N#Cc1ccc(-c2ccc(OCc3nnc(-c4ccc(Br)cc4)o3)cc2)cc1. The maximum absolute atomic E-state index is 8.88. The molecule has 0 bridgehead atoms. The molecular formula is C22H14BrN3O2. The summed E-state index contributed by atoms with van der Waals surface area (Å²) in [6, 6.07) is 25.0. The van der Waals surface area contributed by atoms with E-state index in [-0.39, 0.29) is 6.61 Å². The van der Waals surface area contributed by atoms with E-state index in [9.17, 15) is 0 Å². The monoisotopic (exact) mass is 431 g/mol. The zero-order valence-electron chi connectivity index (χ0n) is 14.7. The van der Waals surface area contributed by atoms with Gasteiger partial charge in [-0.05, 0) is 59.7 Å². The van der Waals surface area contributed by atoms with E-state index >= 15 is 0 Å². The third-order valence-electron chi connectivity index (χ3n) is 4.12. The van der Waals surface area contributed by atoms with Crippen molar-refractivity contribution < 1.29 is 9.15 Å². The highest BCUT2D eigenvalue weighted by atomic mass is 79.9. The smallest absolute Gasteiger partial charge is 0.254 e. The number of rotatable bonds is 5. The largest absolute Gasteiger partial charge is 0.484 e. The van der Waals surface area contributed by atoms with Gasteiger partial charge in [-0.3, -0.25) is 0 Å². The Labute approximate surface area is 170 Å². The third kappa shape index (κ3) is 4.11. The van der Waals surface area contributed by atoms with Gasteiger partial charge < -0.3 is 9.15 Å². The van der Waals surface area contributed by atoms with Crippen molar-refractivity contribution in [3.8, 4) is 34.4 Å². The van der Waals surface area contributed by atoms with Gasteiger partial charge in [0.05, 0.1) is 11.6 Å². The summed E-state index contributed by atoms with van der Waals surface area (Å²) < 4.78 is 12.4. The minimum Gasteiger partial charge on any atom is -0.484 e. The van der Waals surface area contributed by atoms with Crippen LogP contribution in [-0.2, 0) is 6.61 Å². The summed E-state index contributed by atoms with van der Waals surface area (Å²) in [7, 11) is 0. The summed E-state index contributed by atoms with van der Waals surface area (Å²) in [6.45, 7) is 0.194. The molecule has 0 unspecified atom stereocenters. The molecule has 0 aliphatic rings. The van der Waals surface area contributed by atoms with Crippen LogP contribution in [0.4, 0.5) is 0 Å². The Bertz CT molecular complexity index is 1110. The fraction of sp³-hybridized carbons (Fsp3) is 0.0455. The lowest BCUT2D eigenvalue weighted by molar-refractivity contribution is 0.264. The van der Waals surface area contributed by atoms with Gasteiger partial charge in [0.2, 0.25) is 5.89 Å². The number of ether oxygens (including phenoxy) is 1. The van der Waals surface area contributed by atoms with Crippen molar-refractivity contribution in [2.75, 3.05) is 0 Å². The second-order valence-electron chi connectivity index (χ2n) is 6.01. The second-order valence-corrected chi connectivity index (χ2v) is 6.93. The molecule has 136 valence electrons. The lowest BCUT2D eigenvalue weighted by Crippen LogP contribution is -1.95. The molecule has 0 amide bonds. The van der Waals surface area contributed by atoms with Gasteiger partial charge in [-0.1, -0.05) is 40.2 Å². The highest BCUT2D eigenvalue weighted by Gasteiger charge is 2.09. The standard InChI is InChI=1S/C22H14BrN3O2/c23-19-9-5-18(6-10-19)22-26-25-21(28-22)14-27-20-11-7-17(8-12-20)16-3-1-15(13-24)2-4-16/h1-12H,14H2. The van der Waals surface area contributed by atoms with Crippen LogP contribution in [0.15, 0.2) is 81.7 Å². The van der Waals surface area contributed by atoms with E-state index in [1.54, 1.807) is 12.1 Å². The van der Waals surface area contributed by atoms with Crippen LogP contribution in [0, 0.1) is 11.3 Å². The minimum absolute atomic E-state index is 0.194. The number of hydrogen-bond donors (Lipinski definition) is 0. The zero-order valence-corrected chi connectivity index (χ0v) is 16.3. The molecule has 0 spiro atoms. The summed E-state index contributed by atoms with van der Waals surface area (Å²) >= 11 is 3.40. The Morgan fingerprint density at radius 3 is 2.07 bits per heavy atom. The average molecular weight is 432 g/mol. The summed E-state index contributed by atoms with van der Waals surface area (Å²) in [6.07, 6.45) is 0. The predicted octanol–water partition coefficient (Wildman–Crippen LogP) is 5.62. The van der Waals surface area contributed by atoms with Crippen LogP contribution in [0.1, 0.15) is 11.5 Å². The molecule has 3 aromatic carbocycles. The molecule has 0 atom stereocenters. The molecule has 0 N–H and O–H groups in total. The lowest BCUT2D eigenvalue weighted by Gasteiger charge is -2.06. The first-order valence-electron chi connectivity index (χ1n) is 8.53. The summed E-state index contributed by atoms with van der Waals surface area (Å²) in [5.74, 6) is 1.58. The molecule has 28 heavy (non-hydrogen) atoms. The van der Waals surface area contributed by atoms with Crippen LogP contribution in [0.2, 0.25) is 0 Å². The summed E-state index contributed by atoms with van der Waals surface area (Å²) in [5.41, 5.74) is 3.59. The number of benzene rings is 3. The molecule has 0 fully saturated rings. The summed E-state index contributed by atoms with van der Waals surface area (Å²) in [5, 5.41) is 17.0. The topological polar surface area (TPSA) is 71.9 Å². The van der Waals surface area contributed by atoms with Gasteiger partial charge in [0.15, 0.2) is 6.61 Å². The number of halogens is 1. The molecular weight excluding hydrogens is 418 g/mol. The maximum Gasteiger partial charge on any atom is 0.254 e. The van der Waals surface area contributed by atoms with Crippen LogP contribution in [0.5, 0.6) is 5.75 Å². The normalized spacial score (nSPS) is 10.4. The highest BCUT2D eigenvalue weighted by Crippen LogP contribution is 2.24. The first-order chi connectivity index (χ1) is 13.7. The van der Waals surface area contributed by atoms with E-state index in [2.05, 4.69) is 32.2 Å². The number of aromatic nitrogens is 2. The van der Waals surface area contributed by atoms with Crippen molar-refractivity contribution in [3.05, 3.63) is 88.7 Å². The molecule has 4 rings (SSSR count).